The molecule has 0 saturated carbocycles. The summed E-state index contributed by atoms with van der Waals surface area (Å²) in [6.07, 6.45) is 20.9. The maximum Gasteiger partial charge on any atom is 0.241 e. The van der Waals surface area contributed by atoms with Crippen LogP contribution in [0.3, 0.4) is 0 Å². The highest BCUT2D eigenvalue weighted by Gasteiger charge is 2.27. The van der Waals surface area contributed by atoms with Crippen LogP contribution < -0.4 is 0 Å². The molecule has 0 aromatic carbocycles. The van der Waals surface area contributed by atoms with E-state index in [1.54, 1.807) is 6.08 Å². The Labute approximate surface area is 151 Å². The van der Waals surface area contributed by atoms with E-state index in [2.05, 4.69) is 37.3 Å². The normalized spacial score (nSPS) is 14.8. The minimum atomic E-state index is -1.01. The van der Waals surface area contributed by atoms with Gasteiger partial charge in [-0.2, -0.15) is 0 Å². The van der Waals surface area contributed by atoms with E-state index in [1.807, 2.05) is 12.2 Å². The number of aldehydes is 1. The van der Waals surface area contributed by atoms with Gasteiger partial charge in [0.2, 0.25) is 6.04 Å². The van der Waals surface area contributed by atoms with Crippen molar-refractivity contribution in [2.45, 2.75) is 70.4 Å². The first-order valence-corrected chi connectivity index (χ1v) is 8.98. The summed E-state index contributed by atoms with van der Waals surface area (Å²) in [4.78, 5) is 20.8. The van der Waals surface area contributed by atoms with Crippen molar-refractivity contribution in [1.82, 2.24) is 0 Å². The second-order valence-corrected chi connectivity index (χ2v) is 5.75. The van der Waals surface area contributed by atoms with Gasteiger partial charge in [-0.3, -0.25) is 10.1 Å². The molecule has 0 aliphatic rings. The van der Waals surface area contributed by atoms with Crippen molar-refractivity contribution < 1.29 is 14.8 Å². The summed E-state index contributed by atoms with van der Waals surface area (Å²) >= 11 is 0. The van der Waals surface area contributed by atoms with Crippen molar-refractivity contribution in [2.24, 2.45) is 0 Å². The molecule has 2 unspecified atom stereocenters. The third-order valence-electron chi connectivity index (χ3n) is 3.63. The van der Waals surface area contributed by atoms with Gasteiger partial charge in [0, 0.05) is 17.8 Å². The first-order chi connectivity index (χ1) is 12.1. The second kappa shape index (κ2) is 16.8. The Bertz CT molecular complexity index is 466. The van der Waals surface area contributed by atoms with Crippen LogP contribution in [0.1, 0.15) is 58.3 Å². The van der Waals surface area contributed by atoms with Crippen LogP contribution in [0.25, 0.3) is 0 Å². The maximum atomic E-state index is 11.0. The molecule has 5 nitrogen and oxygen atoms in total. The lowest BCUT2D eigenvalue weighted by molar-refractivity contribution is -0.533. The molecular weight excluding hydrogens is 318 g/mol. The molecule has 0 heterocycles. The molecule has 0 aliphatic heterocycles. The molecular formula is C20H31NO4. The van der Waals surface area contributed by atoms with E-state index in [0.717, 1.165) is 32.0 Å². The summed E-state index contributed by atoms with van der Waals surface area (Å²) < 4.78 is 0. The molecule has 0 fully saturated rings. The first-order valence-electron chi connectivity index (χ1n) is 8.98. The molecule has 0 saturated heterocycles. The fourth-order valence-corrected chi connectivity index (χ4v) is 2.20. The van der Waals surface area contributed by atoms with Gasteiger partial charge in [0.1, 0.15) is 12.4 Å². The van der Waals surface area contributed by atoms with Gasteiger partial charge in [-0.1, -0.05) is 55.5 Å². The van der Waals surface area contributed by atoms with Crippen LogP contribution in [0.2, 0.25) is 0 Å². The monoisotopic (exact) mass is 349 g/mol. The Hall–Kier alpha value is -2.01. The zero-order chi connectivity index (χ0) is 18.8. The molecule has 0 aromatic heterocycles. The fraction of sp³-hybridized carbons (Fsp3) is 0.550. The van der Waals surface area contributed by atoms with Crippen LogP contribution in [0, 0.1) is 10.1 Å². The second-order valence-electron chi connectivity index (χ2n) is 5.75. The zero-order valence-corrected chi connectivity index (χ0v) is 15.1. The Morgan fingerprint density at radius 3 is 1.96 bits per heavy atom. The summed E-state index contributed by atoms with van der Waals surface area (Å²) in [7, 11) is 0. The van der Waals surface area contributed by atoms with Gasteiger partial charge in [-0.25, -0.2) is 0 Å². The van der Waals surface area contributed by atoms with E-state index in [0.29, 0.717) is 12.8 Å². The van der Waals surface area contributed by atoms with Gasteiger partial charge in [0.15, 0.2) is 0 Å². The highest BCUT2D eigenvalue weighted by molar-refractivity contribution is 5.48. The van der Waals surface area contributed by atoms with E-state index in [9.17, 15) is 20.0 Å². The number of unbranched alkanes of at least 4 members (excludes halogenated alkanes) is 1. The number of aliphatic hydroxyl groups excluding tert-OH is 1. The molecule has 0 radical (unpaired) electrons. The lowest BCUT2D eigenvalue weighted by atomic mass is 10.0. The Kier molecular flexibility index (Phi) is 15.5. The molecule has 25 heavy (non-hydrogen) atoms. The molecule has 0 spiro atoms. The largest absolute Gasteiger partial charge is 0.386 e. The third-order valence-corrected chi connectivity index (χ3v) is 3.63. The van der Waals surface area contributed by atoms with Crippen LogP contribution in [0.15, 0.2) is 48.6 Å². The summed E-state index contributed by atoms with van der Waals surface area (Å²) in [5.41, 5.74) is 0. The van der Waals surface area contributed by atoms with Crippen molar-refractivity contribution in [3.63, 3.8) is 0 Å². The first kappa shape index (κ1) is 23.0. The molecule has 1 N–H and O–H groups in total. The van der Waals surface area contributed by atoms with Gasteiger partial charge in [-0.05, 0) is 38.5 Å². The van der Waals surface area contributed by atoms with Crippen LogP contribution in [-0.2, 0) is 4.79 Å². The summed E-state index contributed by atoms with van der Waals surface area (Å²) in [6, 6.07) is -1.01. The van der Waals surface area contributed by atoms with Crippen molar-refractivity contribution >= 4 is 6.29 Å². The van der Waals surface area contributed by atoms with E-state index in [4.69, 9.17) is 0 Å². The van der Waals surface area contributed by atoms with Crippen molar-refractivity contribution in [3.8, 4) is 0 Å². The number of carbonyl (C=O) groups is 1. The number of nitro groups is 1. The van der Waals surface area contributed by atoms with Crippen molar-refractivity contribution in [2.75, 3.05) is 0 Å². The van der Waals surface area contributed by atoms with Crippen LogP contribution in [-0.4, -0.2) is 28.5 Å². The summed E-state index contributed by atoms with van der Waals surface area (Å²) in [5.74, 6) is 0. The molecule has 0 aromatic rings. The topological polar surface area (TPSA) is 80.4 Å². The molecule has 140 valence electrons. The Morgan fingerprint density at radius 2 is 1.48 bits per heavy atom. The van der Waals surface area contributed by atoms with Gasteiger partial charge >= 0.3 is 0 Å². The summed E-state index contributed by atoms with van der Waals surface area (Å²) in [6.45, 7) is 2.11. The van der Waals surface area contributed by atoms with Crippen LogP contribution >= 0.6 is 0 Å². The maximum absolute atomic E-state index is 11.0. The fourth-order valence-electron chi connectivity index (χ4n) is 2.20. The van der Waals surface area contributed by atoms with Gasteiger partial charge < -0.3 is 9.90 Å². The lowest BCUT2D eigenvalue weighted by Crippen LogP contribution is -2.33. The standard InChI is InChI=1S/C20H31NO4/c1-2-3-4-5-6-7-8-9-10-11-12-13-16-19(21(24)25)20(23)17-14-15-18-22/h3-4,6-7,9-10,12-13,18-20,23H,2,5,8,11,14-17H2,1H3/b4-3-,7-6-,10-9-,13-12-. The number of hydrogen-bond acceptors (Lipinski definition) is 4. The molecule has 0 rings (SSSR count). The minimum absolute atomic E-state index is 0.201. The summed E-state index contributed by atoms with van der Waals surface area (Å²) in [5, 5.41) is 20.9. The lowest BCUT2D eigenvalue weighted by Gasteiger charge is -2.13. The highest BCUT2D eigenvalue weighted by atomic mass is 16.6. The van der Waals surface area contributed by atoms with Gasteiger partial charge in [0.25, 0.3) is 0 Å². The van der Waals surface area contributed by atoms with E-state index < -0.39 is 17.1 Å². The SMILES string of the molecule is CC/C=C\C/C=C\C/C=C\C/C=C\CC(C(O)CCCC=O)[N+](=O)[O-]. The van der Waals surface area contributed by atoms with E-state index in [-0.39, 0.29) is 12.8 Å². The van der Waals surface area contributed by atoms with Crippen molar-refractivity contribution in [1.29, 1.82) is 0 Å². The molecule has 0 aliphatic carbocycles. The van der Waals surface area contributed by atoms with Gasteiger partial charge in [-0.15, -0.1) is 0 Å². The third kappa shape index (κ3) is 14.1. The smallest absolute Gasteiger partial charge is 0.241 e. The van der Waals surface area contributed by atoms with Crippen LogP contribution in [0.5, 0.6) is 0 Å². The molecule has 0 bridgehead atoms. The highest BCUT2D eigenvalue weighted by Crippen LogP contribution is 2.11. The molecule has 5 heteroatoms. The number of rotatable bonds is 15. The zero-order valence-electron chi connectivity index (χ0n) is 15.1. The predicted molar refractivity (Wildman–Crippen MR) is 102 cm³/mol. The van der Waals surface area contributed by atoms with E-state index >= 15 is 0 Å². The average Bonchev–Trinajstić information content (AvgIpc) is 2.58. The van der Waals surface area contributed by atoms with E-state index in [1.165, 1.54) is 0 Å². The minimum Gasteiger partial charge on any atom is -0.386 e. The predicted octanol–water partition coefficient (Wildman–Crippen LogP) is 4.56. The van der Waals surface area contributed by atoms with Crippen LogP contribution in [0.4, 0.5) is 0 Å². The number of allylic oxidation sites excluding steroid dienone is 7. The number of nitrogens with zero attached hydrogens (tertiary/aromatic N) is 1. The average molecular weight is 349 g/mol. The number of carbonyl (C=O) groups excluding carboxylic acids is 1. The Morgan fingerprint density at radius 1 is 0.960 bits per heavy atom. The quantitative estimate of drug-likeness (QED) is 0.154. The Balaban J connectivity index is 4.01. The van der Waals surface area contributed by atoms with Crippen molar-refractivity contribution in [3.05, 3.63) is 58.7 Å². The number of hydrogen-bond donors (Lipinski definition) is 1. The molecule has 2 atom stereocenters. The number of aliphatic hydroxyl groups is 1. The molecule has 0 amide bonds. The van der Waals surface area contributed by atoms with Gasteiger partial charge in [0.05, 0.1) is 0 Å².